The molecule has 190 valence electrons. The van der Waals surface area contributed by atoms with E-state index in [4.69, 9.17) is 23.7 Å². The van der Waals surface area contributed by atoms with Gasteiger partial charge in [-0.25, -0.2) is 4.68 Å². The fourth-order valence-corrected chi connectivity index (χ4v) is 5.03. The Labute approximate surface area is 215 Å². The Morgan fingerprint density at radius 2 is 1.59 bits per heavy atom. The summed E-state index contributed by atoms with van der Waals surface area (Å²) in [5, 5.41) is 8.72. The van der Waals surface area contributed by atoms with Gasteiger partial charge in [-0.15, -0.1) is 5.10 Å². The lowest BCUT2D eigenvalue weighted by Gasteiger charge is -2.49. The van der Waals surface area contributed by atoms with Crippen LogP contribution in [0, 0.1) is 0 Å². The Morgan fingerprint density at radius 3 is 2.32 bits per heavy atom. The van der Waals surface area contributed by atoms with Crippen LogP contribution in [0.25, 0.3) is 11.3 Å². The third-order valence-electron chi connectivity index (χ3n) is 6.82. The van der Waals surface area contributed by atoms with Gasteiger partial charge in [0, 0.05) is 18.2 Å². The van der Waals surface area contributed by atoms with Crippen LogP contribution in [0.5, 0.6) is 0 Å². The fourth-order valence-electron chi connectivity index (χ4n) is 5.03. The number of hydrogen-bond donors (Lipinski definition) is 0. The van der Waals surface area contributed by atoms with Crippen LogP contribution in [-0.2, 0) is 30.3 Å². The average Bonchev–Trinajstić information content (AvgIpc) is 3.46. The van der Waals surface area contributed by atoms with E-state index in [9.17, 15) is 0 Å². The van der Waals surface area contributed by atoms with E-state index in [1.54, 1.807) is 13.3 Å². The van der Waals surface area contributed by atoms with E-state index in [0.29, 0.717) is 13.2 Å². The first-order chi connectivity index (χ1) is 18.3. The van der Waals surface area contributed by atoms with E-state index < -0.39 is 30.8 Å². The second-order valence-electron chi connectivity index (χ2n) is 9.14. The number of hydrogen-bond acceptors (Lipinski definition) is 7. The van der Waals surface area contributed by atoms with Crippen LogP contribution in [0.4, 0.5) is 0 Å². The third-order valence-corrected chi connectivity index (χ3v) is 6.82. The van der Waals surface area contributed by atoms with Gasteiger partial charge in [0.2, 0.25) is 0 Å². The minimum Gasteiger partial charge on any atom is -0.368 e. The second kappa shape index (κ2) is 10.9. The Balaban J connectivity index is 1.37. The smallest absolute Gasteiger partial charge is 0.184 e. The molecule has 0 spiro atoms. The van der Waals surface area contributed by atoms with Crippen LogP contribution in [-0.4, -0.2) is 53.3 Å². The molecular weight excluding hydrogens is 470 g/mol. The molecule has 3 aromatic carbocycles. The number of nitrogens with zero attached hydrogens (tertiary/aromatic N) is 3. The molecule has 0 bridgehead atoms. The van der Waals surface area contributed by atoms with Crippen molar-refractivity contribution in [2.24, 2.45) is 0 Å². The lowest BCUT2D eigenvalue weighted by Crippen LogP contribution is -2.60. The molecule has 1 aromatic heterocycles. The third kappa shape index (κ3) is 4.94. The molecule has 6 rings (SSSR count). The quantitative estimate of drug-likeness (QED) is 0.369. The Morgan fingerprint density at radius 1 is 0.892 bits per heavy atom. The summed E-state index contributed by atoms with van der Waals surface area (Å²) >= 11 is 0. The molecule has 0 saturated carbocycles. The van der Waals surface area contributed by atoms with E-state index in [-0.39, 0.29) is 6.10 Å². The number of methoxy groups -OCH3 is 1. The normalized spacial score (nSPS) is 27.5. The van der Waals surface area contributed by atoms with E-state index in [1.807, 2.05) is 95.7 Å². The molecular formula is C29H29N3O5. The van der Waals surface area contributed by atoms with Gasteiger partial charge in [-0.2, -0.15) is 0 Å². The maximum Gasteiger partial charge on any atom is 0.184 e. The van der Waals surface area contributed by atoms with Gasteiger partial charge in [0.15, 0.2) is 12.6 Å². The predicted molar refractivity (Wildman–Crippen MR) is 135 cm³/mol. The van der Waals surface area contributed by atoms with Gasteiger partial charge in [0.25, 0.3) is 0 Å². The van der Waals surface area contributed by atoms with Gasteiger partial charge in [-0.1, -0.05) is 96.2 Å². The van der Waals surface area contributed by atoms with Crippen molar-refractivity contribution in [3.8, 4) is 11.3 Å². The zero-order chi connectivity index (χ0) is 25.0. The maximum absolute atomic E-state index is 6.65. The summed E-state index contributed by atoms with van der Waals surface area (Å²) in [5.74, 6) is 0. The van der Waals surface area contributed by atoms with Crippen molar-refractivity contribution in [3.63, 3.8) is 0 Å². The highest BCUT2D eigenvalue weighted by atomic mass is 16.7. The van der Waals surface area contributed by atoms with Crippen molar-refractivity contribution in [2.45, 2.75) is 43.5 Å². The molecule has 0 amide bonds. The number of benzene rings is 3. The van der Waals surface area contributed by atoms with E-state index >= 15 is 0 Å². The van der Waals surface area contributed by atoms with E-state index in [1.165, 1.54) is 0 Å². The van der Waals surface area contributed by atoms with Crippen molar-refractivity contribution in [1.29, 1.82) is 0 Å². The Bertz CT molecular complexity index is 1270. The molecule has 37 heavy (non-hydrogen) atoms. The second-order valence-corrected chi connectivity index (χ2v) is 9.14. The minimum atomic E-state index is -0.647. The topological polar surface area (TPSA) is 76.9 Å². The summed E-state index contributed by atoms with van der Waals surface area (Å²) in [4.78, 5) is 0. The summed E-state index contributed by atoms with van der Waals surface area (Å²) in [6, 6.07) is 29.5. The zero-order valence-corrected chi connectivity index (χ0v) is 20.5. The predicted octanol–water partition coefficient (Wildman–Crippen LogP) is 4.56. The van der Waals surface area contributed by atoms with Gasteiger partial charge < -0.3 is 23.7 Å². The molecule has 4 aromatic rings. The highest BCUT2D eigenvalue weighted by Gasteiger charge is 2.52. The van der Waals surface area contributed by atoms with Gasteiger partial charge >= 0.3 is 0 Å². The largest absolute Gasteiger partial charge is 0.368 e. The van der Waals surface area contributed by atoms with Crippen LogP contribution < -0.4 is 0 Å². The number of rotatable bonds is 7. The molecule has 8 nitrogen and oxygen atoms in total. The molecule has 2 saturated heterocycles. The first-order valence-corrected chi connectivity index (χ1v) is 12.4. The number of ether oxygens (including phenoxy) is 5. The first kappa shape index (κ1) is 24.0. The summed E-state index contributed by atoms with van der Waals surface area (Å²) < 4.78 is 33.4. The lowest BCUT2D eigenvalue weighted by atomic mass is 9.94. The van der Waals surface area contributed by atoms with E-state index in [2.05, 4.69) is 10.3 Å². The SMILES string of the molecule is CO[C@H]1O[C@@H]2CO[C@@H](c3ccccc3)O[C@H]2[C@@H](OCc2ccccc2)[C@@H]1n1nncc1-c1ccccc1. The van der Waals surface area contributed by atoms with Crippen molar-refractivity contribution < 1.29 is 23.7 Å². The molecule has 0 N–H and O–H groups in total. The molecule has 2 aliphatic rings. The minimum absolute atomic E-state index is 0.352. The van der Waals surface area contributed by atoms with Crippen LogP contribution in [0.1, 0.15) is 23.5 Å². The van der Waals surface area contributed by atoms with Crippen molar-refractivity contribution in [1.82, 2.24) is 15.0 Å². The van der Waals surface area contributed by atoms with Gasteiger partial charge in [0.05, 0.1) is 25.1 Å². The monoisotopic (exact) mass is 499 g/mol. The molecule has 6 atom stereocenters. The summed E-state index contributed by atoms with van der Waals surface area (Å²) in [5.41, 5.74) is 3.83. The standard InChI is InChI=1S/C29H29N3O5/c1-33-29-25(32-23(17-30-31-32)21-13-7-3-8-14-21)27(34-18-20-11-5-2-6-12-20)26-24(36-29)19-35-28(37-26)22-15-9-4-10-16-22/h2-17,24-29H,18-19H2,1H3/t24-,25+,26-,27+,28-,29+/m1/s1. The van der Waals surface area contributed by atoms with E-state index in [0.717, 1.165) is 22.4 Å². The Kier molecular flexibility index (Phi) is 7.07. The first-order valence-electron chi connectivity index (χ1n) is 12.4. The summed E-state index contributed by atoms with van der Waals surface area (Å²) in [6.07, 6.45) is -0.676. The zero-order valence-electron chi connectivity index (χ0n) is 20.5. The van der Waals surface area contributed by atoms with Crippen molar-refractivity contribution in [2.75, 3.05) is 13.7 Å². The molecule has 2 aliphatic heterocycles. The van der Waals surface area contributed by atoms with Crippen LogP contribution in [0.2, 0.25) is 0 Å². The fraction of sp³-hybridized carbons (Fsp3) is 0.310. The number of aromatic nitrogens is 3. The summed E-state index contributed by atoms with van der Waals surface area (Å²) in [6.45, 7) is 0.752. The van der Waals surface area contributed by atoms with Crippen molar-refractivity contribution >= 4 is 0 Å². The average molecular weight is 500 g/mol. The molecule has 0 unspecified atom stereocenters. The molecule has 8 heteroatoms. The molecule has 3 heterocycles. The lowest BCUT2D eigenvalue weighted by molar-refractivity contribution is -0.353. The highest BCUT2D eigenvalue weighted by molar-refractivity contribution is 5.58. The number of fused-ring (bicyclic) bond motifs is 1. The molecule has 0 radical (unpaired) electrons. The summed E-state index contributed by atoms with van der Waals surface area (Å²) in [7, 11) is 1.63. The van der Waals surface area contributed by atoms with Crippen LogP contribution in [0.15, 0.2) is 97.2 Å². The van der Waals surface area contributed by atoms with Crippen LogP contribution >= 0.6 is 0 Å². The van der Waals surface area contributed by atoms with Crippen molar-refractivity contribution in [3.05, 3.63) is 108 Å². The highest BCUT2D eigenvalue weighted by Crippen LogP contribution is 2.41. The Hall–Kier alpha value is -3.40. The van der Waals surface area contributed by atoms with Gasteiger partial charge in [-0.3, -0.25) is 0 Å². The van der Waals surface area contributed by atoms with Gasteiger partial charge in [0.1, 0.15) is 24.4 Å². The van der Waals surface area contributed by atoms with Gasteiger partial charge in [-0.05, 0) is 5.56 Å². The van der Waals surface area contributed by atoms with Crippen LogP contribution in [0.3, 0.4) is 0 Å². The maximum atomic E-state index is 6.65. The molecule has 2 fully saturated rings. The molecule has 0 aliphatic carbocycles.